The van der Waals surface area contributed by atoms with Gasteiger partial charge in [-0.3, -0.25) is 14.2 Å². The SMILES string of the molecule is O=C(Cn1cnc2ccccc2c1=O)NC(c1ccccc1)c1ccco1. The summed E-state index contributed by atoms with van der Waals surface area (Å²) in [6.45, 7) is -0.124. The molecule has 2 aromatic carbocycles. The zero-order valence-electron chi connectivity index (χ0n) is 14.4. The number of fused-ring (bicyclic) bond motifs is 1. The standard InChI is InChI=1S/C21H17N3O3/c25-19(13-24-14-22-17-10-5-4-9-16(17)21(24)26)23-20(18-11-6-12-27-18)15-7-2-1-3-8-15/h1-12,14,20H,13H2,(H,23,25). The average molecular weight is 359 g/mol. The van der Waals surface area contributed by atoms with Gasteiger partial charge in [0.05, 0.1) is 23.5 Å². The summed E-state index contributed by atoms with van der Waals surface area (Å²) in [5.74, 6) is 0.318. The number of carbonyl (C=O) groups is 1. The van der Waals surface area contributed by atoms with Gasteiger partial charge in [0, 0.05) is 0 Å². The highest BCUT2D eigenvalue weighted by Gasteiger charge is 2.19. The van der Waals surface area contributed by atoms with E-state index in [4.69, 9.17) is 4.42 Å². The summed E-state index contributed by atoms with van der Waals surface area (Å²) in [5, 5.41) is 3.42. The topological polar surface area (TPSA) is 77.1 Å². The van der Waals surface area contributed by atoms with Crippen molar-refractivity contribution in [3.05, 3.63) is 101 Å². The Morgan fingerprint density at radius 3 is 2.59 bits per heavy atom. The van der Waals surface area contributed by atoms with E-state index in [9.17, 15) is 9.59 Å². The van der Waals surface area contributed by atoms with E-state index in [1.807, 2.05) is 42.5 Å². The van der Waals surface area contributed by atoms with Gasteiger partial charge in [0.25, 0.3) is 5.56 Å². The molecule has 0 fully saturated rings. The van der Waals surface area contributed by atoms with Gasteiger partial charge in [0.15, 0.2) is 0 Å². The van der Waals surface area contributed by atoms with Crippen molar-refractivity contribution in [3.63, 3.8) is 0 Å². The Labute approximate surface area is 155 Å². The smallest absolute Gasteiger partial charge is 0.261 e. The van der Waals surface area contributed by atoms with Crippen LogP contribution in [0.1, 0.15) is 17.4 Å². The molecule has 1 unspecified atom stereocenters. The summed E-state index contributed by atoms with van der Waals surface area (Å²) >= 11 is 0. The van der Waals surface area contributed by atoms with Gasteiger partial charge in [-0.1, -0.05) is 42.5 Å². The molecule has 6 nitrogen and oxygen atoms in total. The first kappa shape index (κ1) is 16.8. The second-order valence-electron chi connectivity index (χ2n) is 6.12. The number of para-hydroxylation sites is 1. The number of hydrogen-bond donors (Lipinski definition) is 1. The number of amides is 1. The highest BCUT2D eigenvalue weighted by atomic mass is 16.3. The van der Waals surface area contributed by atoms with E-state index in [2.05, 4.69) is 10.3 Å². The molecule has 0 aliphatic carbocycles. The van der Waals surface area contributed by atoms with E-state index in [1.165, 1.54) is 10.9 Å². The van der Waals surface area contributed by atoms with Crippen molar-refractivity contribution in [1.82, 2.24) is 14.9 Å². The van der Waals surface area contributed by atoms with Crippen molar-refractivity contribution in [2.45, 2.75) is 12.6 Å². The summed E-state index contributed by atoms with van der Waals surface area (Å²) in [6, 6.07) is 19.7. The molecule has 4 rings (SSSR count). The van der Waals surface area contributed by atoms with Crippen LogP contribution < -0.4 is 10.9 Å². The first-order valence-corrected chi connectivity index (χ1v) is 8.54. The van der Waals surface area contributed by atoms with Crippen LogP contribution >= 0.6 is 0 Å². The van der Waals surface area contributed by atoms with Crippen molar-refractivity contribution >= 4 is 16.8 Å². The molecule has 1 amide bonds. The minimum atomic E-state index is -0.433. The monoisotopic (exact) mass is 359 g/mol. The maximum atomic E-state index is 12.6. The Morgan fingerprint density at radius 1 is 1.04 bits per heavy atom. The molecule has 1 N–H and O–H groups in total. The first-order valence-electron chi connectivity index (χ1n) is 8.54. The van der Waals surface area contributed by atoms with Crippen LogP contribution in [0.5, 0.6) is 0 Å². The molecule has 0 bridgehead atoms. The molecule has 0 radical (unpaired) electrons. The fraction of sp³-hybridized carbons (Fsp3) is 0.0952. The summed E-state index contributed by atoms with van der Waals surface area (Å²) in [7, 11) is 0. The first-order chi connectivity index (χ1) is 13.2. The number of rotatable bonds is 5. The van der Waals surface area contributed by atoms with Crippen LogP contribution in [-0.2, 0) is 11.3 Å². The van der Waals surface area contributed by atoms with Gasteiger partial charge in [-0.15, -0.1) is 0 Å². The summed E-state index contributed by atoms with van der Waals surface area (Å²) in [6.07, 6.45) is 2.96. The van der Waals surface area contributed by atoms with Gasteiger partial charge in [0.2, 0.25) is 5.91 Å². The fourth-order valence-electron chi connectivity index (χ4n) is 3.00. The normalized spacial score (nSPS) is 12.0. The van der Waals surface area contributed by atoms with Crippen molar-refractivity contribution in [2.75, 3.05) is 0 Å². The third-order valence-electron chi connectivity index (χ3n) is 4.31. The van der Waals surface area contributed by atoms with E-state index >= 15 is 0 Å². The molecule has 2 heterocycles. The lowest BCUT2D eigenvalue weighted by Gasteiger charge is -2.17. The molecule has 6 heteroatoms. The van der Waals surface area contributed by atoms with Crippen LogP contribution in [0.25, 0.3) is 10.9 Å². The van der Waals surface area contributed by atoms with Crippen molar-refractivity contribution in [3.8, 4) is 0 Å². The Hall–Kier alpha value is -3.67. The molecule has 134 valence electrons. The molecule has 1 atom stereocenters. The Morgan fingerprint density at radius 2 is 1.81 bits per heavy atom. The predicted molar refractivity (Wildman–Crippen MR) is 101 cm³/mol. The fourth-order valence-corrected chi connectivity index (χ4v) is 3.00. The molecule has 2 aromatic heterocycles. The second-order valence-corrected chi connectivity index (χ2v) is 6.12. The Balaban J connectivity index is 1.59. The average Bonchev–Trinajstić information content (AvgIpc) is 3.24. The van der Waals surface area contributed by atoms with Gasteiger partial charge in [-0.2, -0.15) is 0 Å². The van der Waals surface area contributed by atoms with Gasteiger partial charge < -0.3 is 9.73 Å². The number of carbonyl (C=O) groups excluding carboxylic acids is 1. The Kier molecular flexibility index (Phi) is 4.53. The van der Waals surface area contributed by atoms with E-state index in [-0.39, 0.29) is 18.0 Å². The maximum absolute atomic E-state index is 12.6. The zero-order valence-corrected chi connectivity index (χ0v) is 14.4. The summed E-state index contributed by atoms with van der Waals surface area (Å²) in [5.41, 5.74) is 1.26. The van der Waals surface area contributed by atoms with E-state index in [0.29, 0.717) is 16.7 Å². The summed E-state index contributed by atoms with van der Waals surface area (Å²) < 4.78 is 6.79. The lowest BCUT2D eigenvalue weighted by atomic mass is 10.0. The van der Waals surface area contributed by atoms with E-state index in [0.717, 1.165) is 5.56 Å². The maximum Gasteiger partial charge on any atom is 0.261 e. The number of nitrogens with one attached hydrogen (secondary N) is 1. The third-order valence-corrected chi connectivity index (χ3v) is 4.31. The largest absolute Gasteiger partial charge is 0.467 e. The molecule has 0 spiro atoms. The quantitative estimate of drug-likeness (QED) is 0.594. The highest BCUT2D eigenvalue weighted by Crippen LogP contribution is 2.22. The van der Waals surface area contributed by atoms with Crippen LogP contribution in [0.3, 0.4) is 0 Å². The van der Waals surface area contributed by atoms with Crippen molar-refractivity contribution in [1.29, 1.82) is 0 Å². The molecule has 0 aliphatic rings. The van der Waals surface area contributed by atoms with Gasteiger partial charge in [-0.25, -0.2) is 4.98 Å². The molecule has 27 heavy (non-hydrogen) atoms. The molecular weight excluding hydrogens is 342 g/mol. The van der Waals surface area contributed by atoms with Crippen LogP contribution in [0, 0.1) is 0 Å². The zero-order chi connectivity index (χ0) is 18.6. The summed E-state index contributed by atoms with van der Waals surface area (Å²) in [4.78, 5) is 29.5. The molecule has 4 aromatic rings. The van der Waals surface area contributed by atoms with Gasteiger partial charge in [-0.05, 0) is 29.8 Å². The molecule has 0 saturated carbocycles. The number of benzene rings is 2. The number of hydrogen-bond acceptors (Lipinski definition) is 4. The second kappa shape index (κ2) is 7.29. The van der Waals surface area contributed by atoms with Crippen LogP contribution in [0.4, 0.5) is 0 Å². The van der Waals surface area contributed by atoms with Gasteiger partial charge >= 0.3 is 0 Å². The van der Waals surface area contributed by atoms with Gasteiger partial charge in [0.1, 0.15) is 18.3 Å². The van der Waals surface area contributed by atoms with Crippen molar-refractivity contribution < 1.29 is 9.21 Å². The number of nitrogens with zero attached hydrogens (tertiary/aromatic N) is 2. The van der Waals surface area contributed by atoms with E-state index in [1.54, 1.807) is 30.5 Å². The molecule has 0 saturated heterocycles. The lowest BCUT2D eigenvalue weighted by molar-refractivity contribution is -0.122. The highest BCUT2D eigenvalue weighted by molar-refractivity contribution is 5.79. The number of aromatic nitrogens is 2. The van der Waals surface area contributed by atoms with E-state index < -0.39 is 6.04 Å². The minimum Gasteiger partial charge on any atom is -0.467 e. The molecule has 0 aliphatic heterocycles. The third kappa shape index (κ3) is 3.50. The Bertz CT molecular complexity index is 1120. The van der Waals surface area contributed by atoms with Crippen LogP contribution in [0.2, 0.25) is 0 Å². The van der Waals surface area contributed by atoms with Crippen LogP contribution in [0.15, 0.2) is 88.5 Å². The number of furan rings is 1. The van der Waals surface area contributed by atoms with Crippen molar-refractivity contribution in [2.24, 2.45) is 0 Å². The lowest BCUT2D eigenvalue weighted by Crippen LogP contribution is -2.35. The van der Waals surface area contributed by atoms with Crippen LogP contribution in [-0.4, -0.2) is 15.5 Å². The predicted octanol–water partition coefficient (Wildman–Crippen LogP) is 2.90. The molecular formula is C21H17N3O3. The minimum absolute atomic E-state index is 0.124.